The van der Waals surface area contributed by atoms with Crippen molar-refractivity contribution >= 4 is 40.0 Å². The number of amides is 3. The topological polar surface area (TPSA) is 117 Å². The Hall–Kier alpha value is -3.51. The summed E-state index contributed by atoms with van der Waals surface area (Å²) in [5.74, 6) is -2.67. The summed E-state index contributed by atoms with van der Waals surface area (Å²) in [7, 11) is 0. The first kappa shape index (κ1) is 18.3. The molecule has 136 valence electrons. The Labute approximate surface area is 158 Å². The quantitative estimate of drug-likeness (QED) is 0.621. The van der Waals surface area contributed by atoms with E-state index in [1.807, 2.05) is 6.07 Å². The largest absolute Gasteiger partial charge is 0.454 e. The molecule has 0 spiro atoms. The predicted octanol–water partition coefficient (Wildman–Crippen LogP) is 1.79. The summed E-state index contributed by atoms with van der Waals surface area (Å²) < 4.78 is 4.92. The molecule has 2 aromatic rings. The van der Waals surface area contributed by atoms with Crippen molar-refractivity contribution < 1.29 is 23.9 Å². The predicted molar refractivity (Wildman–Crippen MR) is 95.0 cm³/mol. The zero-order valence-corrected chi connectivity index (χ0v) is 14.9. The van der Waals surface area contributed by atoms with E-state index < -0.39 is 36.3 Å². The first-order chi connectivity index (χ1) is 12.9. The van der Waals surface area contributed by atoms with E-state index in [-0.39, 0.29) is 11.1 Å². The summed E-state index contributed by atoms with van der Waals surface area (Å²) in [5, 5.41) is 13.4. The first-order valence-electron chi connectivity index (χ1n) is 7.85. The molecule has 27 heavy (non-hydrogen) atoms. The standard InChI is InChI=1S/C18H13N3O5S/c1-10(21-16(23)12-4-2-3-5-13(12)17(21)24)18(25)26-9-14(22)20-15-11(8-19)6-7-27-15/h2-7,10H,9H2,1H3,(H,20,22)/t10-/m1/s1. The van der Waals surface area contributed by atoms with Crippen LogP contribution in [0.3, 0.4) is 0 Å². The maximum Gasteiger partial charge on any atom is 0.329 e. The van der Waals surface area contributed by atoms with E-state index in [9.17, 15) is 19.2 Å². The van der Waals surface area contributed by atoms with E-state index in [1.165, 1.54) is 19.1 Å². The number of carbonyl (C=O) groups excluding carboxylic acids is 4. The Kier molecular flexibility index (Phi) is 5.00. The molecule has 1 aromatic heterocycles. The smallest absolute Gasteiger partial charge is 0.329 e. The minimum Gasteiger partial charge on any atom is -0.454 e. The number of hydrogen-bond acceptors (Lipinski definition) is 7. The molecular weight excluding hydrogens is 370 g/mol. The number of nitrogens with zero attached hydrogens (tertiary/aromatic N) is 2. The lowest BCUT2D eigenvalue weighted by Crippen LogP contribution is -2.44. The molecule has 0 bridgehead atoms. The van der Waals surface area contributed by atoms with Crippen molar-refractivity contribution in [2.45, 2.75) is 13.0 Å². The van der Waals surface area contributed by atoms with Gasteiger partial charge >= 0.3 is 5.97 Å². The summed E-state index contributed by atoms with van der Waals surface area (Å²) in [5.41, 5.74) is 0.752. The number of carbonyl (C=O) groups is 4. The van der Waals surface area contributed by atoms with Gasteiger partial charge in [0.05, 0.1) is 16.7 Å². The molecule has 1 aromatic carbocycles. The molecule has 3 rings (SSSR count). The van der Waals surface area contributed by atoms with Crippen molar-refractivity contribution in [1.82, 2.24) is 4.90 Å². The van der Waals surface area contributed by atoms with E-state index in [4.69, 9.17) is 10.00 Å². The molecule has 1 aliphatic heterocycles. The monoisotopic (exact) mass is 383 g/mol. The Morgan fingerprint density at radius 1 is 1.22 bits per heavy atom. The zero-order chi connectivity index (χ0) is 19.6. The van der Waals surface area contributed by atoms with Crippen LogP contribution in [0.4, 0.5) is 5.00 Å². The summed E-state index contributed by atoms with van der Waals surface area (Å²) in [6.07, 6.45) is 0. The molecule has 1 atom stereocenters. The number of esters is 1. The fourth-order valence-electron chi connectivity index (χ4n) is 2.58. The Bertz CT molecular complexity index is 956. The fourth-order valence-corrected chi connectivity index (χ4v) is 3.33. The normalized spacial score (nSPS) is 13.7. The van der Waals surface area contributed by atoms with Crippen molar-refractivity contribution in [2.24, 2.45) is 0 Å². The van der Waals surface area contributed by atoms with Gasteiger partial charge in [-0.25, -0.2) is 4.79 Å². The number of nitriles is 1. The van der Waals surface area contributed by atoms with Crippen LogP contribution in [0.15, 0.2) is 35.7 Å². The molecular formula is C18H13N3O5S. The van der Waals surface area contributed by atoms with E-state index in [0.717, 1.165) is 16.2 Å². The Morgan fingerprint density at radius 2 is 1.85 bits per heavy atom. The Morgan fingerprint density at radius 3 is 2.44 bits per heavy atom. The molecule has 0 radical (unpaired) electrons. The van der Waals surface area contributed by atoms with Crippen LogP contribution in [0.5, 0.6) is 0 Å². The molecule has 2 heterocycles. The van der Waals surface area contributed by atoms with Gasteiger partial charge in [0.2, 0.25) is 0 Å². The number of fused-ring (bicyclic) bond motifs is 1. The molecule has 1 aliphatic rings. The lowest BCUT2D eigenvalue weighted by Gasteiger charge is -2.20. The third-order valence-corrected chi connectivity index (χ3v) is 4.77. The lowest BCUT2D eigenvalue weighted by molar-refractivity contribution is -0.150. The second kappa shape index (κ2) is 7.39. The van der Waals surface area contributed by atoms with Crippen LogP contribution in [0.25, 0.3) is 0 Å². The summed E-state index contributed by atoms with van der Waals surface area (Å²) in [6.45, 7) is 0.754. The Balaban J connectivity index is 1.60. The molecule has 0 saturated heterocycles. The minimum absolute atomic E-state index is 0.224. The highest BCUT2D eigenvalue weighted by Gasteiger charge is 2.41. The summed E-state index contributed by atoms with van der Waals surface area (Å²) in [6, 6.07) is 8.57. The van der Waals surface area contributed by atoms with Gasteiger partial charge in [0.25, 0.3) is 17.7 Å². The molecule has 0 unspecified atom stereocenters. The van der Waals surface area contributed by atoms with Gasteiger partial charge in [0.15, 0.2) is 6.61 Å². The lowest BCUT2D eigenvalue weighted by atomic mass is 10.1. The minimum atomic E-state index is -1.18. The van der Waals surface area contributed by atoms with Gasteiger partial charge in [-0.1, -0.05) is 12.1 Å². The highest BCUT2D eigenvalue weighted by molar-refractivity contribution is 7.14. The van der Waals surface area contributed by atoms with E-state index in [2.05, 4.69) is 5.32 Å². The van der Waals surface area contributed by atoms with Gasteiger partial charge in [0, 0.05) is 0 Å². The number of anilines is 1. The number of ether oxygens (including phenoxy) is 1. The van der Waals surface area contributed by atoms with Crippen molar-refractivity contribution in [3.63, 3.8) is 0 Å². The zero-order valence-electron chi connectivity index (χ0n) is 14.1. The van der Waals surface area contributed by atoms with Gasteiger partial charge < -0.3 is 10.1 Å². The number of benzene rings is 1. The van der Waals surface area contributed by atoms with Gasteiger partial charge in [0.1, 0.15) is 17.1 Å². The maximum atomic E-state index is 12.4. The maximum absolute atomic E-state index is 12.4. The van der Waals surface area contributed by atoms with Crippen LogP contribution in [0, 0.1) is 11.3 Å². The number of nitrogens with one attached hydrogen (secondary N) is 1. The van der Waals surface area contributed by atoms with Crippen molar-refractivity contribution in [3.05, 3.63) is 52.4 Å². The van der Waals surface area contributed by atoms with Crippen LogP contribution >= 0.6 is 11.3 Å². The highest BCUT2D eigenvalue weighted by Crippen LogP contribution is 2.25. The van der Waals surface area contributed by atoms with Crippen LogP contribution in [0.1, 0.15) is 33.2 Å². The number of thiophene rings is 1. The fraction of sp³-hybridized carbons (Fsp3) is 0.167. The summed E-state index contributed by atoms with van der Waals surface area (Å²) in [4.78, 5) is 49.6. The van der Waals surface area contributed by atoms with Crippen molar-refractivity contribution in [3.8, 4) is 6.07 Å². The molecule has 0 fully saturated rings. The van der Waals surface area contributed by atoms with Gasteiger partial charge in [-0.2, -0.15) is 5.26 Å². The van der Waals surface area contributed by atoms with E-state index in [0.29, 0.717) is 10.6 Å². The van der Waals surface area contributed by atoms with E-state index >= 15 is 0 Å². The average Bonchev–Trinajstić information content (AvgIpc) is 3.22. The van der Waals surface area contributed by atoms with Crippen LogP contribution in [-0.4, -0.2) is 41.2 Å². The second-order valence-corrected chi connectivity index (χ2v) is 6.55. The molecule has 0 saturated carbocycles. The molecule has 9 heteroatoms. The summed E-state index contributed by atoms with van der Waals surface area (Å²) >= 11 is 1.16. The van der Waals surface area contributed by atoms with E-state index in [1.54, 1.807) is 23.6 Å². The number of rotatable bonds is 5. The van der Waals surface area contributed by atoms with Gasteiger partial charge in [-0.05, 0) is 30.5 Å². The van der Waals surface area contributed by atoms with Crippen LogP contribution < -0.4 is 5.32 Å². The van der Waals surface area contributed by atoms with Crippen molar-refractivity contribution in [1.29, 1.82) is 5.26 Å². The first-order valence-corrected chi connectivity index (χ1v) is 8.73. The van der Waals surface area contributed by atoms with Crippen LogP contribution in [-0.2, 0) is 14.3 Å². The van der Waals surface area contributed by atoms with Crippen molar-refractivity contribution in [2.75, 3.05) is 11.9 Å². The van der Waals surface area contributed by atoms with Crippen LogP contribution in [0.2, 0.25) is 0 Å². The average molecular weight is 383 g/mol. The molecule has 3 amide bonds. The molecule has 1 N–H and O–H groups in total. The van der Waals surface area contributed by atoms with Gasteiger partial charge in [-0.15, -0.1) is 11.3 Å². The molecule has 8 nitrogen and oxygen atoms in total. The second-order valence-electron chi connectivity index (χ2n) is 5.63. The third kappa shape index (κ3) is 3.43. The SMILES string of the molecule is C[C@H](C(=O)OCC(=O)Nc1sccc1C#N)N1C(=O)c2ccccc2C1=O. The highest BCUT2D eigenvalue weighted by atomic mass is 32.1. The number of hydrogen-bond donors (Lipinski definition) is 1. The molecule has 0 aliphatic carbocycles. The number of imide groups is 1. The van der Waals surface area contributed by atoms with Gasteiger partial charge in [-0.3, -0.25) is 19.3 Å². The third-order valence-electron chi connectivity index (χ3n) is 3.94.